The van der Waals surface area contributed by atoms with E-state index < -0.39 is 15.8 Å². The van der Waals surface area contributed by atoms with Crippen LogP contribution in [0.4, 0.5) is 10.1 Å². The van der Waals surface area contributed by atoms with Crippen LogP contribution in [-0.4, -0.2) is 8.42 Å². The first kappa shape index (κ1) is 16.5. The number of halogens is 1. The van der Waals surface area contributed by atoms with Gasteiger partial charge in [-0.25, -0.2) is 12.8 Å². The number of rotatable bonds is 6. The Bertz CT molecular complexity index is 740. The molecule has 0 bridgehead atoms. The van der Waals surface area contributed by atoms with Gasteiger partial charge in [0.1, 0.15) is 5.82 Å². The molecule has 118 valence electrons. The minimum atomic E-state index is -3.71. The van der Waals surface area contributed by atoms with Crippen molar-refractivity contribution in [2.24, 2.45) is 0 Å². The summed E-state index contributed by atoms with van der Waals surface area (Å²) in [5, 5.41) is 0. The van der Waals surface area contributed by atoms with Gasteiger partial charge in [-0.1, -0.05) is 31.5 Å². The van der Waals surface area contributed by atoms with Gasteiger partial charge in [-0.3, -0.25) is 4.72 Å². The molecule has 0 aliphatic rings. The Kier molecular flexibility index (Phi) is 5.19. The summed E-state index contributed by atoms with van der Waals surface area (Å²) in [4.78, 5) is 0.177. The zero-order valence-corrected chi connectivity index (χ0v) is 13.6. The van der Waals surface area contributed by atoms with Gasteiger partial charge in [-0.2, -0.15) is 0 Å². The molecule has 3 nitrogen and oxygen atoms in total. The highest BCUT2D eigenvalue weighted by molar-refractivity contribution is 7.92. The maximum atomic E-state index is 13.3. The molecule has 0 atom stereocenters. The Balaban J connectivity index is 2.21. The van der Waals surface area contributed by atoms with Crippen molar-refractivity contribution in [3.05, 3.63) is 59.4 Å². The molecule has 22 heavy (non-hydrogen) atoms. The monoisotopic (exact) mass is 321 g/mol. The van der Waals surface area contributed by atoms with Gasteiger partial charge in [0.15, 0.2) is 0 Å². The van der Waals surface area contributed by atoms with Crippen LogP contribution in [0.1, 0.15) is 30.9 Å². The Morgan fingerprint density at radius 2 is 1.77 bits per heavy atom. The number of sulfonamides is 1. The maximum absolute atomic E-state index is 13.3. The van der Waals surface area contributed by atoms with Gasteiger partial charge in [0.05, 0.1) is 10.6 Å². The number of benzene rings is 2. The summed E-state index contributed by atoms with van der Waals surface area (Å²) in [7, 11) is -3.71. The normalized spacial score (nSPS) is 11.4. The first-order valence-electron chi connectivity index (χ1n) is 7.30. The van der Waals surface area contributed by atoms with Crippen LogP contribution >= 0.6 is 0 Å². The lowest BCUT2D eigenvalue weighted by Crippen LogP contribution is -2.14. The van der Waals surface area contributed by atoms with Gasteiger partial charge in [0.25, 0.3) is 10.0 Å². The van der Waals surface area contributed by atoms with E-state index in [4.69, 9.17) is 0 Å². The van der Waals surface area contributed by atoms with Crippen LogP contribution < -0.4 is 4.72 Å². The standard InChI is InChI=1S/C17H20FNO2S/c1-3-4-5-14-7-10-16(11-8-14)22(20,21)19-17-12-15(18)9-6-13(17)2/h6-12,19H,3-5H2,1-2H3. The molecule has 0 aromatic heterocycles. The van der Waals surface area contributed by atoms with Crippen molar-refractivity contribution in [1.82, 2.24) is 0 Å². The maximum Gasteiger partial charge on any atom is 0.261 e. The van der Waals surface area contributed by atoms with E-state index in [2.05, 4.69) is 11.6 Å². The Hall–Kier alpha value is -1.88. The predicted molar refractivity (Wildman–Crippen MR) is 87.0 cm³/mol. The van der Waals surface area contributed by atoms with Gasteiger partial charge in [0, 0.05) is 0 Å². The highest BCUT2D eigenvalue weighted by atomic mass is 32.2. The van der Waals surface area contributed by atoms with Crippen molar-refractivity contribution in [2.75, 3.05) is 4.72 Å². The summed E-state index contributed by atoms with van der Waals surface area (Å²) in [6, 6.07) is 10.8. The molecular formula is C17H20FNO2S. The number of anilines is 1. The molecule has 1 N–H and O–H groups in total. The average Bonchev–Trinajstić information content (AvgIpc) is 2.49. The van der Waals surface area contributed by atoms with Gasteiger partial charge < -0.3 is 0 Å². The highest BCUT2D eigenvalue weighted by Gasteiger charge is 2.15. The molecule has 0 unspecified atom stereocenters. The third-order valence-corrected chi connectivity index (χ3v) is 4.88. The topological polar surface area (TPSA) is 46.2 Å². The molecule has 0 saturated heterocycles. The lowest BCUT2D eigenvalue weighted by atomic mass is 10.1. The molecule has 0 amide bonds. The number of aryl methyl sites for hydroxylation is 2. The molecule has 2 aromatic carbocycles. The summed E-state index contributed by atoms with van der Waals surface area (Å²) >= 11 is 0. The average molecular weight is 321 g/mol. The van der Waals surface area contributed by atoms with Gasteiger partial charge in [0.2, 0.25) is 0 Å². The number of hydrogen-bond donors (Lipinski definition) is 1. The van der Waals surface area contributed by atoms with Gasteiger partial charge in [-0.15, -0.1) is 0 Å². The molecule has 5 heteroatoms. The van der Waals surface area contributed by atoms with E-state index in [1.54, 1.807) is 25.1 Å². The van der Waals surface area contributed by atoms with Crippen molar-refractivity contribution < 1.29 is 12.8 Å². The van der Waals surface area contributed by atoms with Crippen molar-refractivity contribution in [1.29, 1.82) is 0 Å². The lowest BCUT2D eigenvalue weighted by molar-refractivity contribution is 0.601. The van der Waals surface area contributed by atoms with Crippen LogP contribution in [0.25, 0.3) is 0 Å². The molecular weight excluding hydrogens is 301 g/mol. The van der Waals surface area contributed by atoms with E-state index >= 15 is 0 Å². The fraction of sp³-hybridized carbons (Fsp3) is 0.294. The molecule has 0 aliphatic carbocycles. The van der Waals surface area contributed by atoms with Crippen molar-refractivity contribution in [2.45, 2.75) is 38.0 Å². The number of unbranched alkanes of at least 4 members (excludes halogenated alkanes) is 1. The first-order valence-corrected chi connectivity index (χ1v) is 8.78. The lowest BCUT2D eigenvalue weighted by Gasteiger charge is -2.11. The molecule has 0 fully saturated rings. The van der Waals surface area contributed by atoms with Crippen molar-refractivity contribution >= 4 is 15.7 Å². The molecule has 0 spiro atoms. The van der Waals surface area contributed by atoms with E-state index in [0.717, 1.165) is 24.8 Å². The third kappa shape index (κ3) is 4.07. The van der Waals surface area contributed by atoms with Crippen LogP contribution in [0.2, 0.25) is 0 Å². The molecule has 0 saturated carbocycles. The van der Waals surface area contributed by atoms with Crippen LogP contribution in [0, 0.1) is 12.7 Å². The second-order valence-electron chi connectivity index (χ2n) is 5.31. The second kappa shape index (κ2) is 6.92. The van der Waals surface area contributed by atoms with Crippen LogP contribution in [0.15, 0.2) is 47.4 Å². The third-order valence-electron chi connectivity index (χ3n) is 3.50. The van der Waals surface area contributed by atoms with E-state index in [0.29, 0.717) is 5.56 Å². The quantitative estimate of drug-likeness (QED) is 0.863. The highest BCUT2D eigenvalue weighted by Crippen LogP contribution is 2.21. The van der Waals surface area contributed by atoms with Crippen molar-refractivity contribution in [3.8, 4) is 0 Å². The van der Waals surface area contributed by atoms with E-state index in [9.17, 15) is 12.8 Å². The van der Waals surface area contributed by atoms with E-state index in [-0.39, 0.29) is 10.6 Å². The molecule has 0 radical (unpaired) electrons. The van der Waals surface area contributed by atoms with E-state index in [1.807, 2.05) is 12.1 Å². The zero-order valence-electron chi connectivity index (χ0n) is 12.8. The number of nitrogens with one attached hydrogen (secondary N) is 1. The Morgan fingerprint density at radius 3 is 2.41 bits per heavy atom. The predicted octanol–water partition coefficient (Wildman–Crippen LogP) is 4.28. The minimum Gasteiger partial charge on any atom is -0.279 e. The summed E-state index contributed by atoms with van der Waals surface area (Å²) < 4.78 is 40.4. The molecule has 2 aromatic rings. The van der Waals surface area contributed by atoms with Crippen LogP contribution in [0.5, 0.6) is 0 Å². The van der Waals surface area contributed by atoms with E-state index in [1.165, 1.54) is 12.1 Å². The first-order chi connectivity index (χ1) is 10.4. The summed E-state index contributed by atoms with van der Waals surface area (Å²) in [5.74, 6) is -0.474. The summed E-state index contributed by atoms with van der Waals surface area (Å²) in [6.45, 7) is 3.84. The largest absolute Gasteiger partial charge is 0.279 e. The molecule has 0 heterocycles. The van der Waals surface area contributed by atoms with Gasteiger partial charge in [-0.05, 0) is 55.2 Å². The SMILES string of the molecule is CCCCc1ccc(S(=O)(=O)Nc2cc(F)ccc2C)cc1. The summed E-state index contributed by atoms with van der Waals surface area (Å²) in [6.07, 6.45) is 3.11. The smallest absolute Gasteiger partial charge is 0.261 e. The molecule has 2 rings (SSSR count). The number of hydrogen-bond acceptors (Lipinski definition) is 2. The fourth-order valence-corrected chi connectivity index (χ4v) is 3.25. The molecule has 0 aliphatic heterocycles. The zero-order chi connectivity index (χ0) is 16.2. The minimum absolute atomic E-state index is 0.177. The summed E-state index contributed by atoms with van der Waals surface area (Å²) in [5.41, 5.74) is 2.04. The van der Waals surface area contributed by atoms with Crippen LogP contribution in [-0.2, 0) is 16.4 Å². The van der Waals surface area contributed by atoms with Gasteiger partial charge >= 0.3 is 0 Å². The van der Waals surface area contributed by atoms with Crippen molar-refractivity contribution in [3.63, 3.8) is 0 Å². The fourth-order valence-electron chi connectivity index (χ4n) is 2.12. The second-order valence-corrected chi connectivity index (χ2v) is 6.99. The Labute approximate surface area is 131 Å². The van der Waals surface area contributed by atoms with Crippen LogP contribution in [0.3, 0.4) is 0 Å². The Morgan fingerprint density at radius 1 is 1.09 bits per heavy atom.